The predicted molar refractivity (Wildman–Crippen MR) is 100 cm³/mol. The lowest BCUT2D eigenvalue weighted by molar-refractivity contribution is -0.154. The van der Waals surface area contributed by atoms with Crippen LogP contribution in [0, 0.1) is 6.92 Å². The fourth-order valence-electron chi connectivity index (χ4n) is 2.20. The Morgan fingerprint density at radius 3 is 2.43 bits per heavy atom. The summed E-state index contributed by atoms with van der Waals surface area (Å²) < 4.78 is 10.6. The number of imide groups is 1. The zero-order valence-electron chi connectivity index (χ0n) is 16.3. The lowest BCUT2D eigenvalue weighted by atomic mass is 10.1. The molecule has 1 aromatic heterocycles. The number of aryl methyl sites for hydroxylation is 2. The summed E-state index contributed by atoms with van der Waals surface area (Å²) in [5.41, 5.74) is 1.91. The van der Waals surface area contributed by atoms with Crippen LogP contribution < -0.4 is 10.6 Å². The van der Waals surface area contributed by atoms with Crippen LogP contribution in [0.1, 0.15) is 38.6 Å². The van der Waals surface area contributed by atoms with Gasteiger partial charge in [-0.05, 0) is 39.8 Å². The number of rotatable bonds is 7. The number of benzene rings is 1. The van der Waals surface area contributed by atoms with E-state index < -0.39 is 24.0 Å². The third kappa shape index (κ3) is 6.49. The van der Waals surface area contributed by atoms with E-state index in [9.17, 15) is 14.4 Å². The molecular weight excluding hydrogens is 364 g/mol. The van der Waals surface area contributed by atoms with E-state index in [1.165, 1.54) is 6.92 Å². The minimum atomic E-state index is -1.10. The van der Waals surface area contributed by atoms with Crippen molar-refractivity contribution in [3.63, 3.8) is 0 Å². The highest BCUT2D eigenvalue weighted by Crippen LogP contribution is 2.18. The van der Waals surface area contributed by atoms with Gasteiger partial charge in [0.2, 0.25) is 11.8 Å². The molecule has 150 valence electrons. The zero-order valence-corrected chi connectivity index (χ0v) is 16.3. The quantitative estimate of drug-likeness (QED) is 0.697. The second kappa shape index (κ2) is 9.63. The van der Waals surface area contributed by atoms with Gasteiger partial charge < -0.3 is 14.5 Å². The van der Waals surface area contributed by atoms with E-state index in [4.69, 9.17) is 9.15 Å². The molecule has 9 heteroatoms. The van der Waals surface area contributed by atoms with E-state index in [1.807, 2.05) is 31.2 Å². The van der Waals surface area contributed by atoms with Gasteiger partial charge in [0.15, 0.2) is 6.10 Å². The summed E-state index contributed by atoms with van der Waals surface area (Å²) in [6.07, 6.45) is -0.957. The molecular formula is C19H24N4O5. The monoisotopic (exact) mass is 388 g/mol. The van der Waals surface area contributed by atoms with Gasteiger partial charge in [-0.25, -0.2) is 4.79 Å². The minimum absolute atomic E-state index is 0.0364. The number of hydrogen-bond donors (Lipinski definition) is 2. The number of esters is 1. The molecule has 2 N–H and O–H groups in total. The number of aromatic nitrogens is 2. The van der Waals surface area contributed by atoms with Crippen LogP contribution >= 0.6 is 0 Å². The molecule has 1 aromatic carbocycles. The average Bonchev–Trinajstić information content (AvgIpc) is 3.08. The fraction of sp³-hybridized carbons (Fsp3) is 0.421. The van der Waals surface area contributed by atoms with Crippen LogP contribution in [0.25, 0.3) is 11.5 Å². The molecule has 1 heterocycles. The predicted octanol–water partition coefficient (Wildman–Crippen LogP) is 2.14. The molecule has 0 saturated heterocycles. The van der Waals surface area contributed by atoms with Crippen molar-refractivity contribution >= 4 is 17.9 Å². The summed E-state index contributed by atoms with van der Waals surface area (Å²) in [5.74, 6) is -0.652. The fourth-order valence-corrected chi connectivity index (χ4v) is 2.20. The lowest BCUT2D eigenvalue weighted by Gasteiger charge is -2.14. The number of amides is 3. The molecule has 0 bridgehead atoms. The molecule has 1 unspecified atom stereocenters. The van der Waals surface area contributed by atoms with Gasteiger partial charge in [0.1, 0.15) is 0 Å². The van der Waals surface area contributed by atoms with Crippen molar-refractivity contribution in [3.05, 3.63) is 35.7 Å². The van der Waals surface area contributed by atoms with Gasteiger partial charge in [-0.15, -0.1) is 10.2 Å². The zero-order chi connectivity index (χ0) is 20.7. The van der Waals surface area contributed by atoms with E-state index >= 15 is 0 Å². The standard InChI is InChI=1S/C19H24N4O5/c1-11(2)20-19(26)21-17(25)13(4)27-16(24)10-9-15-22-23-18(28-15)14-7-5-12(3)6-8-14/h5-8,11,13H,9-10H2,1-4H3,(H2,20,21,25,26). The Bertz CT molecular complexity index is 829. The molecule has 0 radical (unpaired) electrons. The van der Waals surface area contributed by atoms with Gasteiger partial charge in [0.05, 0.1) is 6.42 Å². The van der Waals surface area contributed by atoms with Crippen molar-refractivity contribution in [3.8, 4) is 11.5 Å². The number of nitrogens with one attached hydrogen (secondary N) is 2. The van der Waals surface area contributed by atoms with E-state index in [-0.39, 0.29) is 18.9 Å². The maximum absolute atomic E-state index is 11.9. The van der Waals surface area contributed by atoms with Gasteiger partial charge in [0.25, 0.3) is 5.91 Å². The Balaban J connectivity index is 1.80. The Labute approximate surface area is 162 Å². The highest BCUT2D eigenvalue weighted by atomic mass is 16.5. The number of carbonyl (C=O) groups is 3. The molecule has 0 spiro atoms. The van der Waals surface area contributed by atoms with Crippen LogP contribution in [0.2, 0.25) is 0 Å². The third-order valence-corrected chi connectivity index (χ3v) is 3.64. The van der Waals surface area contributed by atoms with E-state index in [0.717, 1.165) is 11.1 Å². The molecule has 3 amide bonds. The van der Waals surface area contributed by atoms with E-state index in [0.29, 0.717) is 11.8 Å². The minimum Gasteiger partial charge on any atom is -0.453 e. The highest BCUT2D eigenvalue weighted by Gasteiger charge is 2.20. The Kier molecular flexibility index (Phi) is 7.25. The number of carbonyl (C=O) groups excluding carboxylic acids is 3. The SMILES string of the molecule is Cc1ccc(-c2nnc(CCC(=O)OC(C)C(=O)NC(=O)NC(C)C)o2)cc1. The number of nitrogens with zero attached hydrogens (tertiary/aromatic N) is 2. The van der Waals surface area contributed by atoms with Crippen molar-refractivity contribution in [1.29, 1.82) is 0 Å². The summed E-state index contributed by atoms with van der Waals surface area (Å²) in [6, 6.07) is 6.85. The van der Waals surface area contributed by atoms with Crippen molar-refractivity contribution in [2.24, 2.45) is 0 Å². The molecule has 2 aromatic rings. The van der Waals surface area contributed by atoms with E-state index in [1.54, 1.807) is 13.8 Å². The first-order valence-corrected chi connectivity index (χ1v) is 8.95. The molecule has 0 aliphatic heterocycles. The first-order valence-electron chi connectivity index (χ1n) is 8.95. The van der Waals surface area contributed by atoms with Gasteiger partial charge in [-0.3, -0.25) is 14.9 Å². The van der Waals surface area contributed by atoms with Crippen molar-refractivity contribution in [2.75, 3.05) is 0 Å². The van der Waals surface area contributed by atoms with E-state index in [2.05, 4.69) is 20.8 Å². The molecule has 0 aliphatic rings. The van der Waals surface area contributed by atoms with Gasteiger partial charge in [-0.2, -0.15) is 0 Å². The molecule has 0 saturated carbocycles. The van der Waals surface area contributed by atoms with Crippen molar-refractivity contribution in [1.82, 2.24) is 20.8 Å². The maximum atomic E-state index is 11.9. The highest BCUT2D eigenvalue weighted by molar-refractivity contribution is 5.97. The van der Waals surface area contributed by atoms with Crippen LogP contribution in [0.3, 0.4) is 0 Å². The Morgan fingerprint density at radius 2 is 1.79 bits per heavy atom. The topological polar surface area (TPSA) is 123 Å². The first kappa shape index (κ1) is 21.1. The number of urea groups is 1. The molecule has 9 nitrogen and oxygen atoms in total. The first-order chi connectivity index (χ1) is 13.2. The van der Waals surface area contributed by atoms with Crippen LogP contribution in [-0.2, 0) is 20.7 Å². The normalized spacial score (nSPS) is 11.8. The maximum Gasteiger partial charge on any atom is 0.321 e. The molecule has 2 rings (SSSR count). The Morgan fingerprint density at radius 1 is 1.11 bits per heavy atom. The lowest BCUT2D eigenvalue weighted by Crippen LogP contribution is -2.46. The third-order valence-electron chi connectivity index (χ3n) is 3.64. The van der Waals surface area contributed by atoms with Crippen LogP contribution in [0.5, 0.6) is 0 Å². The molecule has 1 atom stereocenters. The number of hydrogen-bond acceptors (Lipinski definition) is 7. The summed E-state index contributed by atoms with van der Waals surface area (Å²) >= 11 is 0. The van der Waals surface area contributed by atoms with Crippen molar-refractivity contribution in [2.45, 2.75) is 52.7 Å². The molecule has 0 aliphatic carbocycles. The second-order valence-electron chi connectivity index (χ2n) is 6.62. The largest absolute Gasteiger partial charge is 0.453 e. The smallest absolute Gasteiger partial charge is 0.321 e. The Hall–Kier alpha value is -3.23. The summed E-state index contributed by atoms with van der Waals surface area (Å²) in [7, 11) is 0. The van der Waals surface area contributed by atoms with Gasteiger partial charge in [-0.1, -0.05) is 17.7 Å². The average molecular weight is 388 g/mol. The summed E-state index contributed by atoms with van der Waals surface area (Å²) in [4.78, 5) is 35.2. The van der Waals surface area contributed by atoms with Gasteiger partial charge >= 0.3 is 12.0 Å². The summed E-state index contributed by atoms with van der Waals surface area (Å²) in [5, 5.41) is 12.5. The second-order valence-corrected chi connectivity index (χ2v) is 6.62. The van der Waals surface area contributed by atoms with Crippen LogP contribution in [-0.4, -0.2) is 40.3 Å². The summed E-state index contributed by atoms with van der Waals surface area (Å²) in [6.45, 7) is 6.88. The van der Waals surface area contributed by atoms with Crippen LogP contribution in [0.15, 0.2) is 28.7 Å². The van der Waals surface area contributed by atoms with Crippen LogP contribution in [0.4, 0.5) is 4.79 Å². The van der Waals surface area contributed by atoms with Crippen molar-refractivity contribution < 1.29 is 23.5 Å². The molecule has 0 fully saturated rings. The molecule has 28 heavy (non-hydrogen) atoms. The number of ether oxygens (including phenoxy) is 1. The van der Waals surface area contributed by atoms with Gasteiger partial charge in [0, 0.05) is 18.0 Å².